The zero-order valence-electron chi connectivity index (χ0n) is 13.6. The number of rotatable bonds is 8. The number of nitrogens with zero attached hydrogens (tertiary/aromatic N) is 1. The van der Waals surface area contributed by atoms with Gasteiger partial charge in [-0.05, 0) is 37.6 Å². The van der Waals surface area contributed by atoms with E-state index in [9.17, 15) is 4.79 Å². The van der Waals surface area contributed by atoms with E-state index < -0.39 is 0 Å². The molecule has 0 bridgehead atoms. The second kappa shape index (κ2) is 10.2. The zero-order chi connectivity index (χ0) is 16.3. The van der Waals surface area contributed by atoms with Crippen molar-refractivity contribution in [2.24, 2.45) is 4.99 Å². The molecule has 1 aliphatic heterocycles. The van der Waals surface area contributed by atoms with Gasteiger partial charge in [-0.3, -0.25) is 9.79 Å². The fraction of sp³-hybridized carbons (Fsp3) is 0.625. The number of aliphatic imine (C=N–C) groups is 1. The molecule has 1 aromatic heterocycles. The number of ether oxygens (including phenoxy) is 1. The van der Waals surface area contributed by atoms with Gasteiger partial charge in [0.05, 0.1) is 17.5 Å². The molecule has 0 aromatic carbocycles. The molecule has 2 rings (SSSR count). The predicted octanol–water partition coefficient (Wildman–Crippen LogP) is 1.60. The maximum absolute atomic E-state index is 11.8. The van der Waals surface area contributed by atoms with E-state index >= 15 is 0 Å². The van der Waals surface area contributed by atoms with Crippen LogP contribution in [0.2, 0.25) is 0 Å². The Labute approximate surface area is 141 Å². The van der Waals surface area contributed by atoms with E-state index in [4.69, 9.17) is 4.74 Å². The molecule has 3 N–H and O–H groups in total. The summed E-state index contributed by atoms with van der Waals surface area (Å²) in [4.78, 5) is 17.1. The van der Waals surface area contributed by atoms with Crippen molar-refractivity contribution in [1.82, 2.24) is 16.0 Å². The van der Waals surface area contributed by atoms with E-state index in [2.05, 4.69) is 20.9 Å². The highest BCUT2D eigenvalue weighted by atomic mass is 32.1. The molecule has 1 fully saturated rings. The molecule has 6 nitrogen and oxygen atoms in total. The van der Waals surface area contributed by atoms with Crippen LogP contribution in [0.5, 0.6) is 0 Å². The number of carbonyl (C=O) groups excluding carboxylic acids is 1. The zero-order valence-corrected chi connectivity index (χ0v) is 14.5. The number of guanidine groups is 1. The topological polar surface area (TPSA) is 74.8 Å². The van der Waals surface area contributed by atoms with Gasteiger partial charge >= 0.3 is 0 Å². The van der Waals surface area contributed by atoms with Crippen molar-refractivity contribution < 1.29 is 9.53 Å². The minimum Gasteiger partial charge on any atom is -0.376 e. The van der Waals surface area contributed by atoms with E-state index in [0.717, 1.165) is 49.8 Å². The standard InChI is InChI=1S/C16H26N4O2S/c1-2-17-16(20-12-13-6-3-10-22-13)19-9-5-8-18-15(21)14-7-4-11-23-14/h4,7,11,13H,2-3,5-6,8-10,12H2,1H3,(H,18,21)(H2,17,19,20). The largest absolute Gasteiger partial charge is 0.376 e. The lowest BCUT2D eigenvalue weighted by Crippen LogP contribution is -2.39. The normalized spacial score (nSPS) is 18.0. The Morgan fingerprint density at radius 2 is 2.26 bits per heavy atom. The average molecular weight is 338 g/mol. The molecule has 23 heavy (non-hydrogen) atoms. The van der Waals surface area contributed by atoms with Crippen molar-refractivity contribution in [3.05, 3.63) is 22.4 Å². The minimum absolute atomic E-state index is 0.000967. The van der Waals surface area contributed by atoms with Crippen LogP contribution in [0.1, 0.15) is 35.9 Å². The summed E-state index contributed by atoms with van der Waals surface area (Å²) in [6.45, 7) is 5.84. The van der Waals surface area contributed by atoms with Crippen molar-refractivity contribution >= 4 is 23.2 Å². The molecule has 1 amide bonds. The first-order valence-electron chi connectivity index (χ1n) is 8.25. The first kappa shape index (κ1) is 17.7. The molecular formula is C16H26N4O2S. The van der Waals surface area contributed by atoms with Gasteiger partial charge in [0, 0.05) is 26.2 Å². The van der Waals surface area contributed by atoms with Gasteiger partial charge in [-0.2, -0.15) is 0 Å². The average Bonchev–Trinajstić information content (AvgIpc) is 3.25. The summed E-state index contributed by atoms with van der Waals surface area (Å²) in [7, 11) is 0. The van der Waals surface area contributed by atoms with E-state index in [-0.39, 0.29) is 12.0 Å². The molecule has 1 aromatic rings. The molecule has 1 atom stereocenters. The van der Waals surface area contributed by atoms with Crippen LogP contribution >= 0.6 is 11.3 Å². The predicted molar refractivity (Wildman–Crippen MR) is 94.2 cm³/mol. The third-order valence-corrected chi connectivity index (χ3v) is 4.37. The van der Waals surface area contributed by atoms with Gasteiger partial charge < -0.3 is 20.7 Å². The summed E-state index contributed by atoms with van der Waals surface area (Å²) in [5, 5.41) is 11.3. The first-order valence-corrected chi connectivity index (χ1v) is 9.13. The molecule has 1 unspecified atom stereocenters. The van der Waals surface area contributed by atoms with Gasteiger partial charge in [0.2, 0.25) is 0 Å². The van der Waals surface area contributed by atoms with Crippen LogP contribution in [0.15, 0.2) is 22.5 Å². The molecular weight excluding hydrogens is 312 g/mol. The van der Waals surface area contributed by atoms with Crippen molar-refractivity contribution in [1.29, 1.82) is 0 Å². The molecule has 0 radical (unpaired) electrons. The highest BCUT2D eigenvalue weighted by Crippen LogP contribution is 2.11. The number of carbonyl (C=O) groups is 1. The van der Waals surface area contributed by atoms with Crippen molar-refractivity contribution in [3.8, 4) is 0 Å². The monoisotopic (exact) mass is 338 g/mol. The SMILES string of the molecule is CCNC(=NCC1CCCO1)NCCCNC(=O)c1cccs1. The van der Waals surface area contributed by atoms with Crippen molar-refractivity contribution in [2.75, 3.05) is 32.8 Å². The molecule has 2 heterocycles. The number of hydrogen-bond acceptors (Lipinski definition) is 4. The second-order valence-electron chi connectivity index (χ2n) is 5.37. The fourth-order valence-corrected chi connectivity index (χ4v) is 2.96. The van der Waals surface area contributed by atoms with Gasteiger partial charge in [-0.15, -0.1) is 11.3 Å². The fourth-order valence-electron chi connectivity index (χ4n) is 2.32. The van der Waals surface area contributed by atoms with Crippen LogP contribution < -0.4 is 16.0 Å². The Morgan fingerprint density at radius 1 is 1.39 bits per heavy atom. The summed E-state index contributed by atoms with van der Waals surface area (Å²) in [6.07, 6.45) is 3.34. The van der Waals surface area contributed by atoms with E-state index in [1.54, 1.807) is 0 Å². The molecule has 0 saturated carbocycles. The molecule has 1 aliphatic rings. The van der Waals surface area contributed by atoms with E-state index in [1.807, 2.05) is 24.4 Å². The van der Waals surface area contributed by atoms with Crippen LogP contribution in [-0.4, -0.2) is 50.8 Å². The minimum atomic E-state index is -0.000967. The quantitative estimate of drug-likeness (QED) is 0.382. The summed E-state index contributed by atoms with van der Waals surface area (Å²) >= 11 is 1.46. The maximum atomic E-state index is 11.8. The number of hydrogen-bond donors (Lipinski definition) is 3. The molecule has 7 heteroatoms. The Hall–Kier alpha value is -1.60. The summed E-state index contributed by atoms with van der Waals surface area (Å²) in [6, 6.07) is 3.72. The van der Waals surface area contributed by atoms with Crippen LogP contribution in [0.3, 0.4) is 0 Å². The highest BCUT2D eigenvalue weighted by molar-refractivity contribution is 7.12. The summed E-state index contributed by atoms with van der Waals surface area (Å²) in [5.41, 5.74) is 0. The maximum Gasteiger partial charge on any atom is 0.261 e. The molecule has 1 saturated heterocycles. The lowest BCUT2D eigenvalue weighted by Gasteiger charge is -2.13. The summed E-state index contributed by atoms with van der Waals surface area (Å²) < 4.78 is 5.58. The second-order valence-corrected chi connectivity index (χ2v) is 6.32. The number of thiophene rings is 1. The third kappa shape index (κ3) is 6.58. The van der Waals surface area contributed by atoms with Crippen LogP contribution in [0.4, 0.5) is 0 Å². The van der Waals surface area contributed by atoms with E-state index in [1.165, 1.54) is 11.3 Å². The van der Waals surface area contributed by atoms with Crippen molar-refractivity contribution in [2.45, 2.75) is 32.3 Å². The van der Waals surface area contributed by atoms with Gasteiger partial charge in [0.15, 0.2) is 5.96 Å². The smallest absolute Gasteiger partial charge is 0.261 e. The van der Waals surface area contributed by atoms with Crippen LogP contribution in [0, 0.1) is 0 Å². The lowest BCUT2D eigenvalue weighted by atomic mass is 10.2. The molecule has 0 spiro atoms. The van der Waals surface area contributed by atoms with Gasteiger partial charge in [-0.25, -0.2) is 0 Å². The Balaban J connectivity index is 1.61. The summed E-state index contributed by atoms with van der Waals surface area (Å²) in [5.74, 6) is 0.812. The lowest BCUT2D eigenvalue weighted by molar-refractivity contribution is 0.0957. The Bertz CT molecular complexity index is 484. The molecule has 128 valence electrons. The van der Waals surface area contributed by atoms with E-state index in [0.29, 0.717) is 13.1 Å². The number of amides is 1. The Kier molecular flexibility index (Phi) is 7.89. The highest BCUT2D eigenvalue weighted by Gasteiger charge is 2.14. The van der Waals surface area contributed by atoms with Gasteiger partial charge in [0.25, 0.3) is 5.91 Å². The van der Waals surface area contributed by atoms with Crippen LogP contribution in [-0.2, 0) is 4.74 Å². The molecule has 0 aliphatic carbocycles. The third-order valence-electron chi connectivity index (χ3n) is 3.50. The first-order chi connectivity index (χ1) is 11.3. The van der Waals surface area contributed by atoms with Gasteiger partial charge in [-0.1, -0.05) is 6.07 Å². The van der Waals surface area contributed by atoms with Gasteiger partial charge in [0.1, 0.15) is 0 Å². The van der Waals surface area contributed by atoms with Crippen LogP contribution in [0.25, 0.3) is 0 Å². The Morgan fingerprint density at radius 3 is 2.96 bits per heavy atom. The number of nitrogens with one attached hydrogen (secondary N) is 3. The van der Waals surface area contributed by atoms with Crippen molar-refractivity contribution in [3.63, 3.8) is 0 Å².